The van der Waals surface area contributed by atoms with E-state index in [1.165, 1.54) is 10.0 Å². The largest absolute Gasteiger partial charge is 0.492 e. The molecule has 0 saturated carbocycles. The Hall–Kier alpha value is -2.02. The van der Waals surface area contributed by atoms with Crippen molar-refractivity contribution in [3.05, 3.63) is 59.2 Å². The first-order valence-corrected chi connectivity index (χ1v) is 9.37. The molecule has 0 bridgehead atoms. The summed E-state index contributed by atoms with van der Waals surface area (Å²) in [6, 6.07) is 11.9. The average molecular weight is 363 g/mol. The van der Waals surface area contributed by atoms with Crippen molar-refractivity contribution in [2.75, 3.05) is 13.2 Å². The van der Waals surface area contributed by atoms with Crippen LogP contribution in [-0.4, -0.2) is 25.5 Å². The number of hydrogen-bond donors (Lipinski definition) is 1. The Morgan fingerprint density at radius 1 is 1.12 bits per heavy atom. The lowest BCUT2D eigenvalue weighted by molar-refractivity contribution is 0.326. The van der Waals surface area contributed by atoms with Gasteiger partial charge in [0.15, 0.2) is 0 Å². The van der Waals surface area contributed by atoms with E-state index in [1.54, 1.807) is 36.5 Å². The maximum atomic E-state index is 13.0. The number of aromatic nitrogens is 1. The van der Waals surface area contributed by atoms with E-state index < -0.39 is 10.0 Å². The first-order valence-electron chi connectivity index (χ1n) is 7.55. The molecule has 24 heavy (non-hydrogen) atoms. The smallest absolute Gasteiger partial charge is 0.269 e. The number of nitrogens with zero attached hydrogens (tertiary/aromatic N) is 1. The molecule has 0 amide bonds. The lowest BCUT2D eigenvalue weighted by Gasteiger charge is -2.11. The Labute approximate surface area is 144 Å². The van der Waals surface area contributed by atoms with Crippen LogP contribution in [0, 0.1) is 0 Å². The molecule has 0 atom stereocenters. The van der Waals surface area contributed by atoms with Crippen molar-refractivity contribution in [2.45, 2.75) is 11.4 Å². The maximum Gasteiger partial charge on any atom is 0.269 e. The monoisotopic (exact) mass is 362 g/mol. The van der Waals surface area contributed by atoms with Crippen LogP contribution >= 0.6 is 11.6 Å². The summed E-state index contributed by atoms with van der Waals surface area (Å²) < 4.78 is 33.0. The molecule has 0 spiro atoms. The predicted octanol–water partition coefficient (Wildman–Crippen LogP) is 3.01. The van der Waals surface area contributed by atoms with Crippen LogP contribution < -0.4 is 10.1 Å². The number of halogens is 1. The normalized spacial score (nSPS) is 14.9. The lowest BCUT2D eigenvalue weighted by atomic mass is 10.1. The van der Waals surface area contributed by atoms with Gasteiger partial charge in [-0.15, -0.1) is 0 Å². The minimum absolute atomic E-state index is 0.0912. The van der Waals surface area contributed by atoms with E-state index in [9.17, 15) is 8.42 Å². The molecule has 0 fully saturated rings. The predicted molar refractivity (Wildman–Crippen MR) is 93.2 cm³/mol. The Bertz CT molecular complexity index is 1030. The molecule has 0 radical (unpaired) electrons. The molecule has 0 unspecified atom stereocenters. The summed E-state index contributed by atoms with van der Waals surface area (Å²) in [6.07, 6.45) is 1.56. The summed E-state index contributed by atoms with van der Waals surface area (Å²) >= 11 is 6.09. The zero-order valence-electron chi connectivity index (χ0n) is 12.7. The third kappa shape index (κ3) is 2.38. The Kier molecular flexibility index (Phi) is 3.75. The molecule has 1 N–H and O–H groups in total. The minimum Gasteiger partial charge on any atom is -0.492 e. The van der Waals surface area contributed by atoms with E-state index in [0.29, 0.717) is 18.7 Å². The molecule has 1 aromatic heterocycles. The zero-order chi connectivity index (χ0) is 16.7. The van der Waals surface area contributed by atoms with E-state index in [1.807, 2.05) is 6.07 Å². The molecule has 7 heteroatoms. The molecule has 1 aliphatic heterocycles. The van der Waals surface area contributed by atoms with Crippen LogP contribution in [0.25, 0.3) is 10.9 Å². The van der Waals surface area contributed by atoms with Crippen molar-refractivity contribution in [1.82, 2.24) is 9.29 Å². The third-order valence-electron chi connectivity index (χ3n) is 4.12. The van der Waals surface area contributed by atoms with Crippen LogP contribution in [0.3, 0.4) is 0 Å². The molecular weight excluding hydrogens is 348 g/mol. The Balaban J connectivity index is 1.93. The van der Waals surface area contributed by atoms with Gasteiger partial charge in [-0.05, 0) is 30.3 Å². The number of fused-ring (bicyclic) bond motifs is 3. The summed E-state index contributed by atoms with van der Waals surface area (Å²) in [6.45, 7) is 1.99. The highest BCUT2D eigenvalue weighted by Crippen LogP contribution is 2.32. The lowest BCUT2D eigenvalue weighted by Crippen LogP contribution is -2.16. The van der Waals surface area contributed by atoms with Crippen molar-refractivity contribution < 1.29 is 13.2 Å². The van der Waals surface area contributed by atoms with Crippen molar-refractivity contribution in [3.8, 4) is 5.75 Å². The van der Waals surface area contributed by atoms with Crippen LogP contribution in [0.15, 0.2) is 53.6 Å². The van der Waals surface area contributed by atoms with E-state index in [2.05, 4.69) is 5.32 Å². The summed E-state index contributed by atoms with van der Waals surface area (Å²) in [5.74, 6) is 0.792. The average Bonchev–Trinajstić information content (AvgIpc) is 2.87. The van der Waals surface area contributed by atoms with Gasteiger partial charge in [0.25, 0.3) is 10.0 Å². The van der Waals surface area contributed by atoms with Crippen LogP contribution in [-0.2, 0) is 16.6 Å². The summed E-state index contributed by atoms with van der Waals surface area (Å²) in [5.41, 5.74) is 1.58. The van der Waals surface area contributed by atoms with Crippen LogP contribution in [0.1, 0.15) is 5.56 Å². The van der Waals surface area contributed by atoms with Crippen LogP contribution in [0.4, 0.5) is 0 Å². The SMILES string of the molecule is O=S(=O)(c1ccccc1Cl)n1ccc2c3c(ccc21)OCCNC3. The molecule has 5 nitrogen and oxygen atoms in total. The molecule has 4 rings (SSSR count). The van der Waals surface area contributed by atoms with E-state index in [4.69, 9.17) is 16.3 Å². The van der Waals surface area contributed by atoms with Gasteiger partial charge in [0.1, 0.15) is 17.3 Å². The molecule has 2 aromatic carbocycles. The summed E-state index contributed by atoms with van der Waals surface area (Å²) in [5, 5.41) is 4.35. The number of ether oxygens (including phenoxy) is 1. The topological polar surface area (TPSA) is 60.3 Å². The maximum absolute atomic E-state index is 13.0. The van der Waals surface area contributed by atoms with Gasteiger partial charge in [-0.1, -0.05) is 23.7 Å². The van der Waals surface area contributed by atoms with Gasteiger partial charge in [-0.3, -0.25) is 0 Å². The Morgan fingerprint density at radius 3 is 2.79 bits per heavy atom. The van der Waals surface area contributed by atoms with Crippen molar-refractivity contribution in [3.63, 3.8) is 0 Å². The van der Waals surface area contributed by atoms with Gasteiger partial charge >= 0.3 is 0 Å². The molecule has 1 aliphatic rings. The fourth-order valence-corrected chi connectivity index (χ4v) is 4.81. The van der Waals surface area contributed by atoms with Crippen molar-refractivity contribution in [1.29, 1.82) is 0 Å². The molecule has 0 aliphatic carbocycles. The molecule has 3 aromatic rings. The number of benzene rings is 2. The second-order valence-corrected chi connectivity index (χ2v) is 7.74. The fraction of sp³-hybridized carbons (Fsp3) is 0.176. The first kappa shape index (κ1) is 15.5. The van der Waals surface area contributed by atoms with Gasteiger partial charge in [0, 0.05) is 30.2 Å². The van der Waals surface area contributed by atoms with Gasteiger partial charge in [-0.25, -0.2) is 12.4 Å². The van der Waals surface area contributed by atoms with Gasteiger partial charge in [0.2, 0.25) is 0 Å². The standard InChI is InChI=1S/C17H15ClN2O3S/c18-14-3-1-2-4-17(14)24(21,22)20-9-7-12-13-11-19-8-10-23-16(13)6-5-15(12)20/h1-7,9,19H,8,10-11H2. The number of rotatable bonds is 2. The number of nitrogens with one attached hydrogen (secondary N) is 1. The number of hydrogen-bond acceptors (Lipinski definition) is 4. The molecule has 124 valence electrons. The van der Waals surface area contributed by atoms with E-state index in [-0.39, 0.29) is 9.92 Å². The molecule has 0 saturated heterocycles. The Morgan fingerprint density at radius 2 is 1.96 bits per heavy atom. The van der Waals surface area contributed by atoms with Crippen molar-refractivity contribution in [2.24, 2.45) is 0 Å². The quantitative estimate of drug-likeness (QED) is 0.761. The third-order valence-corrected chi connectivity index (χ3v) is 6.31. The molecule has 2 heterocycles. The highest BCUT2D eigenvalue weighted by atomic mass is 35.5. The second kappa shape index (κ2) is 5.81. The van der Waals surface area contributed by atoms with Gasteiger partial charge in [0.05, 0.1) is 10.5 Å². The second-order valence-electron chi connectivity index (χ2n) is 5.55. The highest BCUT2D eigenvalue weighted by molar-refractivity contribution is 7.90. The first-order chi connectivity index (χ1) is 11.6. The minimum atomic E-state index is -3.77. The highest BCUT2D eigenvalue weighted by Gasteiger charge is 2.23. The molecular formula is C17H15ClN2O3S. The van der Waals surface area contributed by atoms with Gasteiger partial charge in [-0.2, -0.15) is 0 Å². The van der Waals surface area contributed by atoms with E-state index in [0.717, 1.165) is 23.2 Å². The van der Waals surface area contributed by atoms with Crippen LogP contribution in [0.5, 0.6) is 5.75 Å². The van der Waals surface area contributed by atoms with Crippen LogP contribution in [0.2, 0.25) is 5.02 Å². The van der Waals surface area contributed by atoms with Crippen molar-refractivity contribution >= 4 is 32.5 Å². The van der Waals surface area contributed by atoms with E-state index >= 15 is 0 Å². The zero-order valence-corrected chi connectivity index (χ0v) is 14.3. The summed E-state index contributed by atoms with van der Waals surface area (Å²) in [7, 11) is -3.77. The fourth-order valence-electron chi connectivity index (χ4n) is 2.97. The summed E-state index contributed by atoms with van der Waals surface area (Å²) in [4.78, 5) is 0.0912. The van der Waals surface area contributed by atoms with Gasteiger partial charge < -0.3 is 10.1 Å².